The molecule has 0 aromatic carbocycles. The van der Waals surface area contributed by atoms with E-state index in [1.165, 1.54) is 12.8 Å². The lowest BCUT2D eigenvalue weighted by molar-refractivity contribution is -0.118. The molecule has 0 spiro atoms. The number of nitrogens with one attached hydrogen (secondary N) is 1. The van der Waals surface area contributed by atoms with Gasteiger partial charge in [0.05, 0.1) is 0 Å². The molecule has 1 saturated carbocycles. The first-order chi connectivity index (χ1) is 6.01. The van der Waals surface area contributed by atoms with E-state index >= 15 is 0 Å². The molecule has 2 aliphatic rings. The van der Waals surface area contributed by atoms with Gasteiger partial charge in [-0.3, -0.25) is 10.1 Å². The van der Waals surface area contributed by atoms with Gasteiger partial charge in [-0.1, -0.05) is 0 Å². The number of urea groups is 1. The van der Waals surface area contributed by atoms with Crippen molar-refractivity contribution in [1.29, 1.82) is 0 Å². The van der Waals surface area contributed by atoms with Gasteiger partial charge in [0, 0.05) is 5.54 Å². The van der Waals surface area contributed by atoms with Crippen molar-refractivity contribution in [3.05, 3.63) is 0 Å². The van der Waals surface area contributed by atoms with Crippen molar-refractivity contribution in [3.8, 4) is 0 Å². The van der Waals surface area contributed by atoms with E-state index in [0.29, 0.717) is 5.92 Å². The Kier molecular flexibility index (Phi) is 1.62. The second kappa shape index (κ2) is 2.47. The molecule has 1 heterocycles. The molecule has 1 saturated heterocycles. The molecule has 2 fully saturated rings. The Morgan fingerprint density at radius 3 is 2.38 bits per heavy atom. The van der Waals surface area contributed by atoms with Crippen LogP contribution in [-0.2, 0) is 4.79 Å². The highest BCUT2D eigenvalue weighted by Crippen LogP contribution is 2.43. The average molecular weight is 182 g/mol. The number of nitrogens with zero attached hydrogens (tertiary/aromatic N) is 1. The summed E-state index contributed by atoms with van der Waals surface area (Å²) in [4.78, 5) is 24.0. The van der Waals surface area contributed by atoms with Crippen LogP contribution in [0.2, 0.25) is 0 Å². The predicted octanol–water partition coefficient (Wildman–Crippen LogP) is 0.727. The van der Waals surface area contributed by atoms with Crippen LogP contribution in [0, 0.1) is 5.92 Å². The Hall–Kier alpha value is -1.06. The van der Waals surface area contributed by atoms with Crippen LogP contribution in [0.4, 0.5) is 4.79 Å². The molecular formula is C9H14N2O2. The van der Waals surface area contributed by atoms with Gasteiger partial charge >= 0.3 is 6.03 Å². The van der Waals surface area contributed by atoms with Crippen LogP contribution in [-0.4, -0.2) is 28.9 Å². The Labute approximate surface area is 77.3 Å². The molecule has 0 radical (unpaired) electrons. The minimum absolute atomic E-state index is 0.157. The standard InChI is InChI=1S/C9H14N2O2/c1-9(2,6-3-4-6)11-5-7(12)10-8(11)13/h6H,3-5H2,1-2H3,(H,10,12,13). The number of hydrogen-bond acceptors (Lipinski definition) is 2. The average Bonchev–Trinajstić information content (AvgIpc) is 2.78. The number of imide groups is 1. The van der Waals surface area contributed by atoms with Crippen LogP contribution in [0.25, 0.3) is 0 Å². The highest BCUT2D eigenvalue weighted by Gasteiger charge is 2.47. The van der Waals surface area contributed by atoms with Crippen molar-refractivity contribution in [2.24, 2.45) is 5.92 Å². The lowest BCUT2D eigenvalue weighted by Gasteiger charge is -2.34. The molecule has 4 nitrogen and oxygen atoms in total. The van der Waals surface area contributed by atoms with Gasteiger partial charge in [0.15, 0.2) is 0 Å². The topological polar surface area (TPSA) is 49.4 Å². The highest BCUT2D eigenvalue weighted by atomic mass is 16.2. The van der Waals surface area contributed by atoms with Crippen LogP contribution in [0.1, 0.15) is 26.7 Å². The Bertz CT molecular complexity index is 269. The second-order valence-electron chi connectivity index (χ2n) is 4.37. The summed E-state index contributed by atoms with van der Waals surface area (Å²) in [6.45, 7) is 4.29. The van der Waals surface area contributed by atoms with Crippen molar-refractivity contribution < 1.29 is 9.59 Å². The van der Waals surface area contributed by atoms with Crippen LogP contribution in [0.3, 0.4) is 0 Å². The number of amides is 3. The molecule has 0 atom stereocenters. The minimum Gasteiger partial charge on any atom is -0.310 e. The van der Waals surface area contributed by atoms with Gasteiger partial charge in [-0.2, -0.15) is 0 Å². The van der Waals surface area contributed by atoms with E-state index in [4.69, 9.17) is 0 Å². The first-order valence-electron chi connectivity index (χ1n) is 4.63. The summed E-state index contributed by atoms with van der Waals surface area (Å²) >= 11 is 0. The van der Waals surface area contributed by atoms with E-state index in [9.17, 15) is 9.59 Å². The molecular weight excluding hydrogens is 168 g/mol. The molecule has 2 rings (SSSR count). The van der Waals surface area contributed by atoms with E-state index in [0.717, 1.165) is 0 Å². The van der Waals surface area contributed by atoms with Gasteiger partial charge in [0.25, 0.3) is 0 Å². The number of hydrogen-bond donors (Lipinski definition) is 1. The first-order valence-corrected chi connectivity index (χ1v) is 4.63. The monoisotopic (exact) mass is 182 g/mol. The smallest absolute Gasteiger partial charge is 0.310 e. The molecule has 1 aliphatic heterocycles. The molecule has 0 aromatic rings. The summed E-state index contributed by atoms with van der Waals surface area (Å²) in [5.41, 5.74) is -0.157. The molecule has 72 valence electrons. The highest BCUT2D eigenvalue weighted by molar-refractivity contribution is 6.02. The van der Waals surface area contributed by atoms with Crippen molar-refractivity contribution in [2.75, 3.05) is 6.54 Å². The fourth-order valence-electron chi connectivity index (χ4n) is 1.92. The van der Waals surface area contributed by atoms with Crippen LogP contribution >= 0.6 is 0 Å². The van der Waals surface area contributed by atoms with Gasteiger partial charge < -0.3 is 4.90 Å². The van der Waals surface area contributed by atoms with E-state index in [1.807, 2.05) is 13.8 Å². The van der Waals surface area contributed by atoms with Gasteiger partial charge in [-0.25, -0.2) is 4.79 Å². The van der Waals surface area contributed by atoms with Gasteiger partial charge in [-0.05, 0) is 32.6 Å². The summed E-state index contributed by atoms with van der Waals surface area (Å²) in [6.07, 6.45) is 2.34. The third-order valence-corrected chi connectivity index (χ3v) is 3.07. The summed E-state index contributed by atoms with van der Waals surface area (Å²) in [7, 11) is 0. The predicted molar refractivity (Wildman–Crippen MR) is 47.0 cm³/mol. The number of carbonyl (C=O) groups is 2. The van der Waals surface area contributed by atoms with Gasteiger partial charge in [0.2, 0.25) is 5.91 Å². The zero-order valence-electron chi connectivity index (χ0n) is 7.96. The van der Waals surface area contributed by atoms with Crippen molar-refractivity contribution in [1.82, 2.24) is 10.2 Å². The first kappa shape index (κ1) is 8.53. The molecule has 0 unspecified atom stereocenters. The zero-order valence-corrected chi connectivity index (χ0v) is 7.96. The molecule has 1 aliphatic carbocycles. The van der Waals surface area contributed by atoms with Crippen molar-refractivity contribution in [2.45, 2.75) is 32.2 Å². The summed E-state index contributed by atoms with van der Waals surface area (Å²) in [6, 6.07) is -0.234. The Balaban J connectivity index is 2.15. The third kappa shape index (κ3) is 1.30. The lowest BCUT2D eigenvalue weighted by Crippen LogP contribution is -2.47. The van der Waals surface area contributed by atoms with Gasteiger partial charge in [-0.15, -0.1) is 0 Å². The molecule has 4 heteroatoms. The largest absolute Gasteiger partial charge is 0.325 e. The Morgan fingerprint density at radius 1 is 1.38 bits per heavy atom. The molecule has 3 amide bonds. The SMILES string of the molecule is CC(C)(C1CC1)N1CC(=O)NC1=O. The van der Waals surface area contributed by atoms with Crippen molar-refractivity contribution in [3.63, 3.8) is 0 Å². The quantitative estimate of drug-likeness (QED) is 0.640. The molecule has 13 heavy (non-hydrogen) atoms. The van der Waals surface area contributed by atoms with E-state index in [-0.39, 0.29) is 24.0 Å². The number of rotatable bonds is 2. The maximum absolute atomic E-state index is 11.4. The maximum Gasteiger partial charge on any atom is 0.325 e. The summed E-state index contributed by atoms with van der Waals surface area (Å²) < 4.78 is 0. The number of carbonyl (C=O) groups excluding carboxylic acids is 2. The molecule has 0 bridgehead atoms. The van der Waals surface area contributed by atoms with Crippen LogP contribution in [0.5, 0.6) is 0 Å². The minimum atomic E-state index is -0.234. The van der Waals surface area contributed by atoms with E-state index in [2.05, 4.69) is 5.32 Å². The normalized spacial score (nSPS) is 23.7. The Morgan fingerprint density at radius 2 is 2.00 bits per heavy atom. The van der Waals surface area contributed by atoms with Crippen LogP contribution < -0.4 is 5.32 Å². The van der Waals surface area contributed by atoms with Crippen molar-refractivity contribution >= 4 is 11.9 Å². The fraction of sp³-hybridized carbons (Fsp3) is 0.778. The second-order valence-corrected chi connectivity index (χ2v) is 4.37. The fourth-order valence-corrected chi connectivity index (χ4v) is 1.92. The maximum atomic E-state index is 11.4. The van der Waals surface area contributed by atoms with E-state index in [1.54, 1.807) is 4.90 Å². The molecule has 0 aromatic heterocycles. The van der Waals surface area contributed by atoms with Gasteiger partial charge in [0.1, 0.15) is 6.54 Å². The summed E-state index contributed by atoms with van der Waals surface area (Å²) in [5.74, 6) is 0.392. The summed E-state index contributed by atoms with van der Waals surface area (Å²) in [5, 5.41) is 2.30. The molecule has 1 N–H and O–H groups in total. The van der Waals surface area contributed by atoms with Crippen LogP contribution in [0.15, 0.2) is 0 Å². The van der Waals surface area contributed by atoms with E-state index < -0.39 is 0 Å². The zero-order chi connectivity index (χ0) is 9.64. The lowest BCUT2D eigenvalue weighted by atomic mass is 9.97. The third-order valence-electron chi connectivity index (χ3n) is 3.07.